The summed E-state index contributed by atoms with van der Waals surface area (Å²) >= 11 is 0. The molecule has 0 bridgehead atoms. The Morgan fingerprint density at radius 1 is 0.385 bits per heavy atom. The molecule has 0 N–H and O–H groups in total. The predicted octanol–water partition coefficient (Wildman–Crippen LogP) is 13.8. The van der Waals surface area contributed by atoms with E-state index in [1.165, 1.54) is 38.2 Å². The van der Waals surface area contributed by atoms with Crippen LogP contribution in [-0.4, -0.2) is 4.98 Å². The molecule has 0 radical (unpaired) electrons. The quantitative estimate of drug-likeness (QED) is 0.166. The smallest absolute Gasteiger partial charge is 0.227 e. The molecule has 0 fully saturated rings. The monoisotopic (exact) mass is 664 g/mol. The molecule has 10 rings (SSSR count). The molecule has 10 aromatic rings. The van der Waals surface area contributed by atoms with Crippen molar-refractivity contribution < 1.29 is 4.42 Å². The van der Waals surface area contributed by atoms with Crippen molar-refractivity contribution in [3.05, 3.63) is 194 Å². The van der Waals surface area contributed by atoms with Gasteiger partial charge in [0.25, 0.3) is 0 Å². The van der Waals surface area contributed by atoms with E-state index in [0.29, 0.717) is 5.89 Å². The highest BCUT2D eigenvalue weighted by molar-refractivity contribution is 6.27. The zero-order valence-electron chi connectivity index (χ0n) is 28.3. The van der Waals surface area contributed by atoms with E-state index in [2.05, 4.69) is 169 Å². The second kappa shape index (κ2) is 12.4. The molecule has 1 heterocycles. The lowest BCUT2D eigenvalue weighted by Crippen LogP contribution is -2.11. The van der Waals surface area contributed by atoms with Crippen LogP contribution in [0.3, 0.4) is 0 Å². The first-order valence-corrected chi connectivity index (χ1v) is 17.6. The Labute approximate surface area is 301 Å². The van der Waals surface area contributed by atoms with Crippen LogP contribution in [0.25, 0.3) is 77.1 Å². The van der Waals surface area contributed by atoms with Crippen LogP contribution >= 0.6 is 0 Å². The average Bonchev–Trinajstić information content (AvgIpc) is 3.67. The number of rotatable bonds is 6. The van der Waals surface area contributed by atoms with Crippen molar-refractivity contribution in [1.82, 2.24) is 4.98 Å². The van der Waals surface area contributed by atoms with Gasteiger partial charge in [-0.3, -0.25) is 0 Å². The number of fused-ring (bicyclic) bond motifs is 7. The van der Waals surface area contributed by atoms with E-state index >= 15 is 0 Å². The summed E-state index contributed by atoms with van der Waals surface area (Å²) in [5, 5.41) is 6.98. The molecule has 0 unspecified atom stereocenters. The summed E-state index contributed by atoms with van der Waals surface area (Å²) in [4.78, 5) is 7.25. The largest absolute Gasteiger partial charge is 0.435 e. The normalized spacial score (nSPS) is 11.5. The maximum atomic E-state index is 6.57. The minimum absolute atomic E-state index is 0.636. The minimum atomic E-state index is 0.636. The van der Waals surface area contributed by atoms with Crippen LogP contribution in [0.1, 0.15) is 0 Å². The van der Waals surface area contributed by atoms with Crippen molar-refractivity contribution in [2.45, 2.75) is 0 Å². The Balaban J connectivity index is 1.12. The lowest BCUT2D eigenvalue weighted by atomic mass is 9.92. The fourth-order valence-corrected chi connectivity index (χ4v) is 7.66. The van der Waals surface area contributed by atoms with E-state index < -0.39 is 0 Å². The molecular formula is C49H32N2O. The molecule has 0 saturated carbocycles. The topological polar surface area (TPSA) is 29.3 Å². The van der Waals surface area contributed by atoms with Gasteiger partial charge in [-0.15, -0.1) is 0 Å². The SMILES string of the molecule is c1ccc(-c2nc3ccc4ccc5ccc6c(-c7ccc(N(c8ccccc8)c8ccccc8-c8ccccc8)cc7)cccc6c5c4c3o2)cc1. The van der Waals surface area contributed by atoms with Crippen LogP contribution in [0.4, 0.5) is 17.1 Å². The Kier molecular flexibility index (Phi) is 7.14. The molecule has 0 amide bonds. The third kappa shape index (κ3) is 5.02. The molecule has 0 aliphatic heterocycles. The summed E-state index contributed by atoms with van der Waals surface area (Å²) in [7, 11) is 0. The first kappa shape index (κ1) is 29.9. The zero-order chi connectivity index (χ0) is 34.4. The Bertz CT molecular complexity index is 2880. The van der Waals surface area contributed by atoms with Crippen molar-refractivity contribution >= 4 is 60.5 Å². The van der Waals surface area contributed by atoms with Crippen molar-refractivity contribution in [3.63, 3.8) is 0 Å². The number of nitrogens with zero attached hydrogens (tertiary/aromatic N) is 2. The van der Waals surface area contributed by atoms with Gasteiger partial charge in [0.15, 0.2) is 5.58 Å². The van der Waals surface area contributed by atoms with Gasteiger partial charge in [0.2, 0.25) is 5.89 Å². The molecular weight excluding hydrogens is 633 g/mol. The van der Waals surface area contributed by atoms with Gasteiger partial charge in [0.05, 0.1) is 5.69 Å². The lowest BCUT2D eigenvalue weighted by molar-refractivity contribution is 0.623. The highest BCUT2D eigenvalue weighted by atomic mass is 16.3. The van der Waals surface area contributed by atoms with E-state index in [4.69, 9.17) is 9.40 Å². The van der Waals surface area contributed by atoms with Crippen molar-refractivity contribution in [2.24, 2.45) is 0 Å². The molecule has 0 spiro atoms. The van der Waals surface area contributed by atoms with E-state index in [1.807, 2.05) is 30.3 Å². The van der Waals surface area contributed by atoms with Crippen LogP contribution in [0.15, 0.2) is 199 Å². The van der Waals surface area contributed by atoms with E-state index in [-0.39, 0.29) is 0 Å². The summed E-state index contributed by atoms with van der Waals surface area (Å²) < 4.78 is 6.57. The number of anilines is 3. The predicted molar refractivity (Wildman–Crippen MR) is 218 cm³/mol. The molecule has 1 aromatic heterocycles. The molecule has 0 aliphatic carbocycles. The van der Waals surface area contributed by atoms with Gasteiger partial charge in [0.1, 0.15) is 5.52 Å². The maximum absolute atomic E-state index is 6.57. The summed E-state index contributed by atoms with van der Waals surface area (Å²) in [5.41, 5.74) is 10.7. The van der Waals surface area contributed by atoms with Crippen LogP contribution in [-0.2, 0) is 0 Å². The zero-order valence-corrected chi connectivity index (χ0v) is 28.3. The number of hydrogen-bond acceptors (Lipinski definition) is 3. The van der Waals surface area contributed by atoms with Gasteiger partial charge < -0.3 is 9.32 Å². The fourth-order valence-electron chi connectivity index (χ4n) is 7.66. The van der Waals surface area contributed by atoms with E-state index in [1.54, 1.807) is 0 Å². The van der Waals surface area contributed by atoms with Gasteiger partial charge in [-0.2, -0.15) is 0 Å². The molecule has 244 valence electrons. The highest BCUT2D eigenvalue weighted by Gasteiger charge is 2.19. The Morgan fingerprint density at radius 2 is 0.962 bits per heavy atom. The average molecular weight is 665 g/mol. The van der Waals surface area contributed by atoms with Crippen molar-refractivity contribution in [3.8, 4) is 33.7 Å². The van der Waals surface area contributed by atoms with Crippen LogP contribution < -0.4 is 4.90 Å². The van der Waals surface area contributed by atoms with Crippen LogP contribution in [0, 0.1) is 0 Å². The molecule has 9 aromatic carbocycles. The van der Waals surface area contributed by atoms with Crippen LogP contribution in [0.2, 0.25) is 0 Å². The molecule has 0 saturated heterocycles. The molecule has 0 aliphatic rings. The van der Waals surface area contributed by atoms with Gasteiger partial charge in [-0.25, -0.2) is 4.98 Å². The van der Waals surface area contributed by atoms with E-state index in [0.717, 1.165) is 50.1 Å². The van der Waals surface area contributed by atoms with Crippen molar-refractivity contribution in [2.75, 3.05) is 4.90 Å². The lowest BCUT2D eigenvalue weighted by Gasteiger charge is -2.28. The molecule has 0 atom stereocenters. The second-order valence-corrected chi connectivity index (χ2v) is 13.1. The molecule has 3 nitrogen and oxygen atoms in total. The number of oxazole rings is 1. The number of hydrogen-bond donors (Lipinski definition) is 0. The third-order valence-corrected chi connectivity index (χ3v) is 10.1. The van der Waals surface area contributed by atoms with Crippen LogP contribution in [0.5, 0.6) is 0 Å². The Hall–Kier alpha value is -6.97. The van der Waals surface area contributed by atoms with E-state index in [9.17, 15) is 0 Å². The first-order chi connectivity index (χ1) is 25.8. The number of para-hydroxylation sites is 2. The fraction of sp³-hybridized carbons (Fsp3) is 0. The number of benzene rings is 9. The number of aromatic nitrogens is 1. The summed E-state index contributed by atoms with van der Waals surface area (Å²) in [5.74, 6) is 0.636. The second-order valence-electron chi connectivity index (χ2n) is 13.1. The van der Waals surface area contributed by atoms with Gasteiger partial charge >= 0.3 is 0 Å². The van der Waals surface area contributed by atoms with Crippen molar-refractivity contribution in [1.29, 1.82) is 0 Å². The maximum Gasteiger partial charge on any atom is 0.227 e. The summed E-state index contributed by atoms with van der Waals surface area (Å²) in [6, 6.07) is 68.7. The highest BCUT2D eigenvalue weighted by Crippen LogP contribution is 2.43. The summed E-state index contributed by atoms with van der Waals surface area (Å²) in [6.45, 7) is 0. The Morgan fingerprint density at radius 3 is 1.73 bits per heavy atom. The summed E-state index contributed by atoms with van der Waals surface area (Å²) in [6.07, 6.45) is 0. The third-order valence-electron chi connectivity index (χ3n) is 10.1. The first-order valence-electron chi connectivity index (χ1n) is 17.6. The standard InChI is InChI=1S/C49H32N2O/c1-4-13-33(14-5-1)41-19-10-11-22-45(41)51(38-17-8-3-9-18-38)39-29-25-34(26-30-39)40-20-12-21-43-42(40)31-27-35-23-24-36-28-32-44-48(47(36)46(35)43)52-49(50-44)37-15-6-2-7-16-37/h1-32H. The minimum Gasteiger partial charge on any atom is -0.435 e. The van der Waals surface area contributed by atoms with Gasteiger partial charge in [-0.1, -0.05) is 146 Å². The van der Waals surface area contributed by atoms with Gasteiger partial charge in [0, 0.05) is 33.3 Å². The van der Waals surface area contributed by atoms with Gasteiger partial charge in [-0.05, 0) is 86.8 Å². The molecule has 3 heteroatoms. The molecule has 52 heavy (non-hydrogen) atoms.